The molecule has 13 heavy (non-hydrogen) atoms. The van der Waals surface area contributed by atoms with Crippen molar-refractivity contribution in [1.82, 2.24) is 5.32 Å². The first-order valence-corrected chi connectivity index (χ1v) is 3.69. The lowest BCUT2D eigenvalue weighted by Gasteiger charge is -2.10. The van der Waals surface area contributed by atoms with Crippen molar-refractivity contribution in [2.75, 3.05) is 0 Å². The number of nitrogens with zero attached hydrogens (tertiary/aromatic N) is 2. The maximum Gasteiger partial charge on any atom is 0.0991 e. The van der Waals surface area contributed by atoms with E-state index in [1.807, 2.05) is 12.1 Å². The lowest BCUT2D eigenvalue weighted by molar-refractivity contribution is 0.824. The van der Waals surface area contributed by atoms with Crippen molar-refractivity contribution in [2.45, 2.75) is 6.54 Å². The molecular weight excluding hydrogens is 166 g/mol. The molecule has 1 aliphatic heterocycles. The first kappa shape index (κ1) is 9.23. The third kappa shape index (κ3) is 1.66. The summed E-state index contributed by atoms with van der Waals surface area (Å²) in [7, 11) is 0. The molecule has 0 unspecified atom stereocenters. The molecule has 0 radical (unpaired) electrons. The van der Waals surface area contributed by atoms with E-state index in [1.54, 1.807) is 12.4 Å². The van der Waals surface area contributed by atoms with Gasteiger partial charge < -0.3 is 10.8 Å². The zero-order chi connectivity index (χ0) is 8.39. The van der Waals surface area contributed by atoms with Crippen LogP contribution >= 0.6 is 0 Å². The van der Waals surface area contributed by atoms with E-state index >= 15 is 0 Å². The van der Waals surface area contributed by atoms with Gasteiger partial charge in [-0.2, -0.15) is 5.26 Å². The third-order valence-corrected chi connectivity index (χ3v) is 1.80. The second-order valence-corrected chi connectivity index (χ2v) is 2.59. The number of nitriles is 1. The Morgan fingerprint density at radius 3 is 3.08 bits per heavy atom. The van der Waals surface area contributed by atoms with E-state index in [2.05, 4.69) is 16.4 Å². The average molecular weight is 175 g/mol. The van der Waals surface area contributed by atoms with Crippen LogP contribution in [0.15, 0.2) is 23.2 Å². The number of rotatable bonds is 0. The Balaban J connectivity index is 0.000000845. The number of nitrogens with one attached hydrogen (secondary N) is 1. The predicted molar refractivity (Wildman–Crippen MR) is 49.8 cm³/mol. The van der Waals surface area contributed by atoms with Crippen LogP contribution in [0, 0.1) is 11.3 Å². The molecule has 66 valence electrons. The zero-order valence-corrected chi connectivity index (χ0v) is 6.91. The van der Waals surface area contributed by atoms with Gasteiger partial charge in [0.15, 0.2) is 0 Å². The van der Waals surface area contributed by atoms with Gasteiger partial charge in [0.05, 0.1) is 23.7 Å². The summed E-state index contributed by atoms with van der Waals surface area (Å²) in [5.41, 5.74) is 2.72. The SMILES string of the molecule is N#Cc1ccc2c(c1)CNC=N2.O. The molecule has 0 atom stereocenters. The van der Waals surface area contributed by atoms with Gasteiger partial charge in [-0.05, 0) is 23.8 Å². The highest BCUT2D eigenvalue weighted by Crippen LogP contribution is 2.21. The summed E-state index contributed by atoms with van der Waals surface area (Å²) in [6.45, 7) is 0.758. The smallest absolute Gasteiger partial charge is 0.0991 e. The summed E-state index contributed by atoms with van der Waals surface area (Å²) >= 11 is 0. The minimum atomic E-state index is 0. The van der Waals surface area contributed by atoms with Gasteiger partial charge >= 0.3 is 0 Å². The van der Waals surface area contributed by atoms with Gasteiger partial charge in [0.25, 0.3) is 0 Å². The molecule has 2 rings (SSSR count). The summed E-state index contributed by atoms with van der Waals surface area (Å²) in [6, 6.07) is 7.60. The molecule has 0 bridgehead atoms. The van der Waals surface area contributed by atoms with Gasteiger partial charge in [-0.3, -0.25) is 0 Å². The highest BCUT2D eigenvalue weighted by atomic mass is 16.0. The molecule has 0 amide bonds. The zero-order valence-electron chi connectivity index (χ0n) is 6.91. The van der Waals surface area contributed by atoms with Crippen molar-refractivity contribution in [3.8, 4) is 6.07 Å². The van der Waals surface area contributed by atoms with Gasteiger partial charge in [-0.25, -0.2) is 4.99 Å². The standard InChI is InChI=1S/C9H7N3.H2O/c10-4-7-1-2-9-8(3-7)5-11-6-12-9;/h1-3,6H,5H2,(H,11,12);1H2. The number of aliphatic imine (C=N–C) groups is 1. The van der Waals surface area contributed by atoms with Gasteiger partial charge in [-0.1, -0.05) is 0 Å². The molecule has 1 aromatic carbocycles. The topological polar surface area (TPSA) is 79.7 Å². The van der Waals surface area contributed by atoms with Crippen molar-refractivity contribution in [2.24, 2.45) is 4.99 Å². The lowest BCUT2D eigenvalue weighted by Crippen LogP contribution is -2.13. The minimum Gasteiger partial charge on any atom is -0.412 e. The molecule has 0 saturated carbocycles. The summed E-state index contributed by atoms with van der Waals surface area (Å²) < 4.78 is 0. The number of benzene rings is 1. The largest absolute Gasteiger partial charge is 0.412 e. The van der Waals surface area contributed by atoms with Crippen LogP contribution in [0.1, 0.15) is 11.1 Å². The highest BCUT2D eigenvalue weighted by Gasteiger charge is 2.04. The Kier molecular flexibility index (Phi) is 2.62. The monoisotopic (exact) mass is 175 g/mol. The second kappa shape index (κ2) is 3.70. The van der Waals surface area contributed by atoms with Crippen molar-refractivity contribution in [3.05, 3.63) is 29.3 Å². The molecular formula is C9H9N3O. The van der Waals surface area contributed by atoms with Crippen LogP contribution in [0.3, 0.4) is 0 Å². The van der Waals surface area contributed by atoms with E-state index in [0.717, 1.165) is 17.8 Å². The van der Waals surface area contributed by atoms with Crippen LogP contribution in [-0.4, -0.2) is 11.8 Å². The van der Waals surface area contributed by atoms with Crippen LogP contribution < -0.4 is 5.32 Å². The number of hydrogen-bond donors (Lipinski definition) is 1. The highest BCUT2D eigenvalue weighted by molar-refractivity contribution is 5.67. The lowest BCUT2D eigenvalue weighted by atomic mass is 10.1. The molecule has 3 N–H and O–H groups in total. The van der Waals surface area contributed by atoms with Crippen molar-refractivity contribution >= 4 is 12.0 Å². The normalized spacial score (nSPS) is 11.9. The molecule has 1 aliphatic rings. The minimum absolute atomic E-state index is 0. The maximum atomic E-state index is 8.63. The molecule has 0 spiro atoms. The van der Waals surface area contributed by atoms with E-state index < -0.39 is 0 Å². The van der Waals surface area contributed by atoms with Crippen LogP contribution in [0.25, 0.3) is 0 Å². The fraction of sp³-hybridized carbons (Fsp3) is 0.111. The Hall–Kier alpha value is -1.86. The van der Waals surface area contributed by atoms with E-state index in [-0.39, 0.29) is 5.48 Å². The van der Waals surface area contributed by atoms with Gasteiger partial charge in [0.2, 0.25) is 0 Å². The Bertz CT molecular complexity index is 379. The molecule has 0 fully saturated rings. The summed E-state index contributed by atoms with van der Waals surface area (Å²) in [5, 5.41) is 11.6. The number of fused-ring (bicyclic) bond motifs is 1. The van der Waals surface area contributed by atoms with Crippen molar-refractivity contribution < 1.29 is 5.48 Å². The maximum absolute atomic E-state index is 8.63. The fourth-order valence-corrected chi connectivity index (χ4v) is 1.19. The summed E-state index contributed by atoms with van der Waals surface area (Å²) in [5.74, 6) is 0. The van der Waals surface area contributed by atoms with Crippen LogP contribution in [0.5, 0.6) is 0 Å². The van der Waals surface area contributed by atoms with Crippen molar-refractivity contribution in [3.63, 3.8) is 0 Å². The molecule has 1 heterocycles. The Morgan fingerprint density at radius 2 is 2.31 bits per heavy atom. The van der Waals surface area contributed by atoms with Gasteiger partial charge in [0, 0.05) is 6.54 Å². The predicted octanol–water partition coefficient (Wildman–Crippen LogP) is 0.497. The average Bonchev–Trinajstić information content (AvgIpc) is 2.17. The molecule has 0 aromatic heterocycles. The Morgan fingerprint density at radius 1 is 1.46 bits per heavy atom. The van der Waals surface area contributed by atoms with Crippen LogP contribution in [0.4, 0.5) is 5.69 Å². The Labute approximate surface area is 75.8 Å². The van der Waals surface area contributed by atoms with Crippen molar-refractivity contribution in [1.29, 1.82) is 5.26 Å². The van der Waals surface area contributed by atoms with Gasteiger partial charge in [-0.15, -0.1) is 0 Å². The van der Waals surface area contributed by atoms with E-state index in [4.69, 9.17) is 5.26 Å². The molecule has 4 heteroatoms. The fourth-order valence-electron chi connectivity index (χ4n) is 1.19. The quantitative estimate of drug-likeness (QED) is 0.622. The summed E-state index contributed by atoms with van der Waals surface area (Å²) in [4.78, 5) is 4.12. The van der Waals surface area contributed by atoms with E-state index in [0.29, 0.717) is 5.56 Å². The number of hydrogen-bond acceptors (Lipinski definition) is 3. The summed E-state index contributed by atoms with van der Waals surface area (Å²) in [6.07, 6.45) is 1.67. The molecule has 4 nitrogen and oxygen atoms in total. The second-order valence-electron chi connectivity index (χ2n) is 2.59. The van der Waals surface area contributed by atoms with Gasteiger partial charge in [0.1, 0.15) is 0 Å². The van der Waals surface area contributed by atoms with Crippen LogP contribution in [-0.2, 0) is 6.54 Å². The van der Waals surface area contributed by atoms with E-state index in [9.17, 15) is 0 Å². The molecule has 0 aliphatic carbocycles. The molecule has 1 aromatic rings. The first-order valence-electron chi connectivity index (χ1n) is 3.69. The van der Waals surface area contributed by atoms with E-state index in [1.165, 1.54) is 0 Å². The first-order chi connectivity index (χ1) is 5.90. The third-order valence-electron chi connectivity index (χ3n) is 1.80. The van der Waals surface area contributed by atoms with Crippen LogP contribution in [0.2, 0.25) is 0 Å². The molecule has 0 saturated heterocycles.